The van der Waals surface area contributed by atoms with Crippen LogP contribution >= 0.6 is 11.9 Å². The molecule has 0 spiro atoms. The van der Waals surface area contributed by atoms with Gasteiger partial charge in [-0.15, -0.1) is 5.10 Å². The lowest BCUT2D eigenvalue weighted by molar-refractivity contribution is -0.0397. The Hall–Kier alpha value is -3.82. The van der Waals surface area contributed by atoms with Gasteiger partial charge in [0.2, 0.25) is 0 Å². The van der Waals surface area contributed by atoms with Gasteiger partial charge in [0.25, 0.3) is 11.8 Å². The average molecular weight is 519 g/mol. The molecule has 11 nitrogen and oxygen atoms in total. The summed E-state index contributed by atoms with van der Waals surface area (Å²) in [6.07, 6.45) is 5.94. The number of amides is 2. The molecule has 2 aliphatic heterocycles. The number of fused-ring (bicyclic) bond motifs is 2. The number of ether oxygens (including phenoxy) is 1. The Morgan fingerprint density at radius 1 is 1.38 bits per heavy atom. The molecule has 3 aromatic rings. The van der Waals surface area contributed by atoms with E-state index < -0.39 is 11.4 Å². The van der Waals surface area contributed by atoms with Crippen molar-refractivity contribution in [2.24, 2.45) is 5.92 Å². The van der Waals surface area contributed by atoms with Crippen LogP contribution in [0.3, 0.4) is 0 Å². The minimum Gasteiger partial charge on any atom is -0.381 e. The van der Waals surface area contributed by atoms with Gasteiger partial charge in [-0.1, -0.05) is 11.9 Å². The molecule has 4 N–H and O–H groups in total. The first-order valence-electron chi connectivity index (χ1n) is 12.1. The van der Waals surface area contributed by atoms with E-state index in [2.05, 4.69) is 28.1 Å². The van der Waals surface area contributed by atoms with Crippen LogP contribution in [0.4, 0.5) is 11.5 Å². The topological polar surface area (TPSA) is 151 Å². The van der Waals surface area contributed by atoms with E-state index in [0.717, 1.165) is 16.8 Å². The van der Waals surface area contributed by atoms with E-state index in [1.165, 1.54) is 29.3 Å². The van der Waals surface area contributed by atoms with Crippen LogP contribution in [-0.4, -0.2) is 62.4 Å². The van der Waals surface area contributed by atoms with E-state index in [4.69, 9.17) is 15.5 Å². The van der Waals surface area contributed by atoms with Gasteiger partial charge < -0.3 is 25.4 Å². The Morgan fingerprint density at radius 3 is 2.81 bits per heavy atom. The predicted molar refractivity (Wildman–Crippen MR) is 139 cm³/mol. The van der Waals surface area contributed by atoms with Crippen molar-refractivity contribution >= 4 is 40.9 Å². The van der Waals surface area contributed by atoms with Crippen molar-refractivity contribution in [2.75, 3.05) is 29.9 Å². The van der Waals surface area contributed by atoms with Gasteiger partial charge in [-0.3, -0.25) is 9.59 Å². The van der Waals surface area contributed by atoms with E-state index >= 15 is 0 Å². The Labute approximate surface area is 217 Å². The summed E-state index contributed by atoms with van der Waals surface area (Å²) in [6.45, 7) is 2.91. The SMILES string of the molecule is CSNc1cc(-c2ccn3nc(N)c(C(=O)NC4(C#N)COC4)c3n2)cc2c1C(=O)N(C(C)C1CC1)C2. The van der Waals surface area contributed by atoms with Gasteiger partial charge in [0.15, 0.2) is 17.0 Å². The van der Waals surface area contributed by atoms with Gasteiger partial charge in [0.1, 0.15) is 5.56 Å². The molecule has 12 heteroatoms. The number of rotatable bonds is 7. The second-order valence-corrected chi connectivity index (χ2v) is 10.5. The van der Waals surface area contributed by atoms with E-state index in [0.29, 0.717) is 23.7 Å². The van der Waals surface area contributed by atoms with Crippen molar-refractivity contribution < 1.29 is 14.3 Å². The monoisotopic (exact) mass is 518 g/mol. The van der Waals surface area contributed by atoms with Crippen molar-refractivity contribution in [2.45, 2.75) is 37.9 Å². The minimum absolute atomic E-state index is 0.0180. The lowest BCUT2D eigenvalue weighted by Crippen LogP contribution is -2.61. The third-order valence-electron chi connectivity index (χ3n) is 7.34. The minimum atomic E-state index is -1.08. The molecule has 0 bridgehead atoms. The molecule has 1 aromatic carbocycles. The first-order valence-corrected chi connectivity index (χ1v) is 13.3. The van der Waals surface area contributed by atoms with Gasteiger partial charge >= 0.3 is 0 Å². The van der Waals surface area contributed by atoms with Crippen molar-refractivity contribution in [1.82, 2.24) is 24.8 Å². The highest BCUT2D eigenvalue weighted by Gasteiger charge is 2.42. The Balaban J connectivity index is 1.39. The van der Waals surface area contributed by atoms with Crippen LogP contribution in [0.15, 0.2) is 24.4 Å². The highest BCUT2D eigenvalue weighted by Crippen LogP contribution is 2.41. The molecule has 1 saturated carbocycles. The molecule has 1 aliphatic carbocycles. The molecule has 37 heavy (non-hydrogen) atoms. The fraction of sp³-hybridized carbons (Fsp3) is 0.400. The summed E-state index contributed by atoms with van der Waals surface area (Å²) in [4.78, 5) is 33.1. The van der Waals surface area contributed by atoms with Crippen molar-refractivity contribution in [1.29, 1.82) is 5.26 Å². The molecule has 2 fully saturated rings. The summed E-state index contributed by atoms with van der Waals surface area (Å²) in [5, 5.41) is 16.4. The molecule has 1 atom stereocenters. The number of nitrogens with one attached hydrogen (secondary N) is 2. The van der Waals surface area contributed by atoms with Crippen molar-refractivity contribution in [3.63, 3.8) is 0 Å². The van der Waals surface area contributed by atoms with Crippen LogP contribution in [0.2, 0.25) is 0 Å². The smallest absolute Gasteiger partial charge is 0.260 e. The zero-order valence-corrected chi connectivity index (χ0v) is 21.3. The number of nitrogens with two attached hydrogens (primary N) is 1. The fourth-order valence-corrected chi connectivity index (χ4v) is 5.44. The number of nitrogens with zero attached hydrogens (tertiary/aromatic N) is 5. The first-order chi connectivity index (χ1) is 17.8. The highest BCUT2D eigenvalue weighted by molar-refractivity contribution is 7.99. The number of nitrogen functional groups attached to an aromatic ring is 1. The highest BCUT2D eigenvalue weighted by atomic mass is 32.2. The number of hydrogen-bond acceptors (Lipinski definition) is 9. The summed E-state index contributed by atoms with van der Waals surface area (Å²) in [5.74, 6) is 0.109. The number of carbonyl (C=O) groups excluding carboxylic acids is 2. The number of nitriles is 1. The second kappa shape index (κ2) is 8.64. The van der Waals surface area contributed by atoms with Gasteiger partial charge in [-0.25, -0.2) is 9.50 Å². The van der Waals surface area contributed by atoms with Crippen LogP contribution in [-0.2, 0) is 11.3 Å². The molecule has 0 radical (unpaired) electrons. The van der Waals surface area contributed by atoms with E-state index in [-0.39, 0.29) is 42.2 Å². The summed E-state index contributed by atoms with van der Waals surface area (Å²) in [6, 6.07) is 8.00. The Bertz CT molecular complexity index is 1490. The average Bonchev–Trinajstić information content (AvgIpc) is 3.58. The number of hydrogen-bond donors (Lipinski definition) is 3. The van der Waals surface area contributed by atoms with Crippen LogP contribution < -0.4 is 15.8 Å². The Morgan fingerprint density at radius 2 is 2.16 bits per heavy atom. The molecule has 6 rings (SSSR count). The van der Waals surface area contributed by atoms with E-state index in [1.807, 2.05) is 23.3 Å². The van der Waals surface area contributed by atoms with Crippen LogP contribution in [0.5, 0.6) is 0 Å². The molecule has 1 unspecified atom stereocenters. The normalized spacial score (nSPS) is 18.7. The van der Waals surface area contributed by atoms with Crippen LogP contribution in [0.25, 0.3) is 16.9 Å². The maximum atomic E-state index is 13.3. The summed E-state index contributed by atoms with van der Waals surface area (Å²) < 4.78 is 9.83. The molecular weight excluding hydrogens is 492 g/mol. The second-order valence-electron chi connectivity index (χ2n) is 9.86. The molecule has 3 aliphatic rings. The van der Waals surface area contributed by atoms with E-state index in [9.17, 15) is 14.9 Å². The fourth-order valence-electron chi connectivity index (χ4n) is 5.05. The summed E-state index contributed by atoms with van der Waals surface area (Å²) in [7, 11) is 0. The standard InChI is InChI=1S/C25H26N8O3S/c1-13(14-3-4-14)32-9-16-7-15(8-18(31-37-2)19(16)24(32)35)17-5-6-33-22(28-17)20(21(27)30-33)23(34)29-25(10-26)11-36-12-25/h5-8,13-14,31H,3-4,9,11-12H2,1-2H3,(H2,27,30)(H,29,34). The van der Waals surface area contributed by atoms with Gasteiger partial charge in [0, 0.05) is 30.6 Å². The molecular formula is C25H26N8O3S. The molecule has 1 saturated heterocycles. The predicted octanol–water partition coefficient (Wildman–Crippen LogP) is 2.45. The lowest BCUT2D eigenvalue weighted by atomic mass is 9.99. The number of carbonyl (C=O) groups is 2. The molecule has 2 aromatic heterocycles. The number of aromatic nitrogens is 3. The van der Waals surface area contributed by atoms with E-state index in [1.54, 1.807) is 12.3 Å². The first kappa shape index (κ1) is 23.6. The maximum absolute atomic E-state index is 13.3. The number of benzene rings is 1. The quantitative estimate of drug-likeness (QED) is 0.401. The third kappa shape index (κ3) is 3.86. The molecule has 4 heterocycles. The molecule has 2 amide bonds. The number of anilines is 2. The van der Waals surface area contributed by atoms with Crippen molar-refractivity contribution in [3.05, 3.63) is 41.1 Å². The largest absolute Gasteiger partial charge is 0.381 e. The van der Waals surface area contributed by atoms with Gasteiger partial charge in [-0.2, -0.15) is 5.26 Å². The summed E-state index contributed by atoms with van der Waals surface area (Å²) in [5.41, 5.74) is 9.18. The lowest BCUT2D eigenvalue weighted by Gasteiger charge is -2.35. The zero-order valence-electron chi connectivity index (χ0n) is 20.4. The van der Waals surface area contributed by atoms with Crippen LogP contribution in [0, 0.1) is 17.2 Å². The Kier molecular flexibility index (Phi) is 5.50. The van der Waals surface area contributed by atoms with Crippen LogP contribution in [0.1, 0.15) is 46.0 Å². The van der Waals surface area contributed by atoms with Gasteiger partial charge in [-0.05, 0) is 49.4 Å². The van der Waals surface area contributed by atoms with Gasteiger partial charge in [0.05, 0.1) is 36.2 Å². The van der Waals surface area contributed by atoms with Crippen molar-refractivity contribution in [3.8, 4) is 17.3 Å². The summed E-state index contributed by atoms with van der Waals surface area (Å²) >= 11 is 1.42. The maximum Gasteiger partial charge on any atom is 0.260 e. The third-order valence-corrected chi connectivity index (χ3v) is 7.77. The molecule has 190 valence electrons. The zero-order chi connectivity index (χ0) is 25.9.